The van der Waals surface area contributed by atoms with Crippen LogP contribution in [0.5, 0.6) is 0 Å². The lowest BCUT2D eigenvalue weighted by Crippen LogP contribution is -2.24. The van der Waals surface area contributed by atoms with E-state index in [1.807, 2.05) is 0 Å². The minimum Gasteiger partial charge on any atom is -0.465 e. The highest BCUT2D eigenvalue weighted by Gasteiger charge is 2.07. The third kappa shape index (κ3) is 6.42. The minimum absolute atomic E-state index is 0.0663. The lowest BCUT2D eigenvalue weighted by atomic mass is 10.2. The van der Waals surface area contributed by atoms with Gasteiger partial charge in [-0.3, -0.25) is 9.59 Å². The summed E-state index contributed by atoms with van der Waals surface area (Å²) in [7, 11) is 1.32. The zero-order valence-electron chi connectivity index (χ0n) is 16.1. The van der Waals surface area contributed by atoms with E-state index >= 15 is 0 Å². The molecule has 2 aromatic carbocycles. The Bertz CT molecular complexity index is 801. The van der Waals surface area contributed by atoms with Crippen LogP contribution in [0.1, 0.15) is 40.5 Å². The van der Waals surface area contributed by atoms with Crippen molar-refractivity contribution in [2.24, 2.45) is 0 Å². The molecule has 0 aliphatic carbocycles. The lowest BCUT2D eigenvalue weighted by Gasteiger charge is -2.09. The van der Waals surface area contributed by atoms with Gasteiger partial charge < -0.3 is 20.7 Å². The van der Waals surface area contributed by atoms with Crippen LogP contribution in [0.3, 0.4) is 0 Å². The summed E-state index contributed by atoms with van der Waals surface area (Å²) in [6.45, 7) is 2.78. The van der Waals surface area contributed by atoms with Crippen LogP contribution >= 0.6 is 0 Å². The molecule has 0 saturated carbocycles. The molecule has 7 nitrogen and oxygen atoms in total. The molecule has 0 spiro atoms. The summed E-state index contributed by atoms with van der Waals surface area (Å²) in [6, 6.07) is 13.4. The number of amides is 2. The first-order valence-corrected chi connectivity index (χ1v) is 9.14. The van der Waals surface area contributed by atoms with Gasteiger partial charge in [0.05, 0.1) is 19.2 Å². The number of unbranched alkanes of at least 4 members (excludes halogenated alkanes) is 1. The van der Waals surface area contributed by atoms with Gasteiger partial charge in [0.2, 0.25) is 5.91 Å². The summed E-state index contributed by atoms with van der Waals surface area (Å²) in [5, 5.41) is 8.59. The number of hydrogen-bond acceptors (Lipinski definition) is 5. The second kappa shape index (κ2) is 10.7. The van der Waals surface area contributed by atoms with E-state index in [4.69, 9.17) is 0 Å². The van der Waals surface area contributed by atoms with Crippen LogP contribution in [0.4, 0.5) is 11.4 Å². The van der Waals surface area contributed by atoms with E-state index in [2.05, 4.69) is 27.6 Å². The van der Waals surface area contributed by atoms with Gasteiger partial charge in [-0.2, -0.15) is 0 Å². The van der Waals surface area contributed by atoms with Crippen molar-refractivity contribution in [3.05, 3.63) is 59.7 Å². The highest BCUT2D eigenvalue weighted by Crippen LogP contribution is 2.12. The number of benzene rings is 2. The van der Waals surface area contributed by atoms with Crippen LogP contribution in [0.25, 0.3) is 0 Å². The van der Waals surface area contributed by atoms with Crippen LogP contribution in [0.2, 0.25) is 0 Å². The summed E-state index contributed by atoms with van der Waals surface area (Å²) in [4.78, 5) is 35.4. The fourth-order valence-electron chi connectivity index (χ4n) is 2.42. The van der Waals surface area contributed by atoms with Crippen molar-refractivity contribution in [2.45, 2.75) is 19.8 Å². The van der Waals surface area contributed by atoms with Crippen molar-refractivity contribution < 1.29 is 19.1 Å². The molecule has 3 N–H and O–H groups in total. The number of esters is 1. The number of methoxy groups -OCH3 is 1. The van der Waals surface area contributed by atoms with Crippen molar-refractivity contribution in [3.63, 3.8) is 0 Å². The van der Waals surface area contributed by atoms with E-state index in [1.54, 1.807) is 48.5 Å². The summed E-state index contributed by atoms with van der Waals surface area (Å²) < 4.78 is 4.64. The summed E-state index contributed by atoms with van der Waals surface area (Å²) in [5.74, 6) is -0.757. The predicted octanol–water partition coefficient (Wildman–Crippen LogP) is 3.05. The van der Waals surface area contributed by atoms with Gasteiger partial charge in [-0.15, -0.1) is 0 Å². The molecular weight excluding hydrogens is 358 g/mol. The van der Waals surface area contributed by atoms with Crippen LogP contribution in [0, 0.1) is 0 Å². The number of ether oxygens (including phenoxy) is 1. The highest BCUT2D eigenvalue weighted by atomic mass is 16.5. The van der Waals surface area contributed by atoms with Crippen molar-refractivity contribution in [1.29, 1.82) is 0 Å². The van der Waals surface area contributed by atoms with Gasteiger partial charge in [-0.1, -0.05) is 13.3 Å². The topological polar surface area (TPSA) is 96.5 Å². The molecule has 0 unspecified atom stereocenters. The third-order valence-electron chi connectivity index (χ3n) is 4.01. The molecule has 0 bridgehead atoms. The number of carbonyl (C=O) groups is 3. The van der Waals surface area contributed by atoms with Crippen LogP contribution in [0.15, 0.2) is 48.5 Å². The first-order chi connectivity index (χ1) is 13.5. The molecule has 0 aliphatic heterocycles. The molecule has 0 atom stereocenters. The maximum absolute atomic E-state index is 12.1. The van der Waals surface area contributed by atoms with Gasteiger partial charge in [0.25, 0.3) is 5.91 Å². The molecule has 2 aromatic rings. The molecule has 0 aliphatic rings. The number of anilines is 2. The van der Waals surface area contributed by atoms with Crippen molar-refractivity contribution in [2.75, 3.05) is 30.8 Å². The summed E-state index contributed by atoms with van der Waals surface area (Å²) in [6.07, 6.45) is 1.97. The Balaban J connectivity index is 1.81. The van der Waals surface area contributed by atoms with Gasteiger partial charge >= 0.3 is 5.97 Å². The molecule has 7 heteroatoms. The van der Waals surface area contributed by atoms with E-state index in [-0.39, 0.29) is 18.4 Å². The van der Waals surface area contributed by atoms with Crippen molar-refractivity contribution >= 4 is 29.2 Å². The van der Waals surface area contributed by atoms with Crippen molar-refractivity contribution in [3.8, 4) is 0 Å². The maximum Gasteiger partial charge on any atom is 0.337 e. The molecule has 0 radical (unpaired) electrons. The van der Waals surface area contributed by atoms with E-state index < -0.39 is 5.97 Å². The first-order valence-electron chi connectivity index (χ1n) is 9.14. The molecule has 148 valence electrons. The zero-order valence-corrected chi connectivity index (χ0v) is 16.1. The highest BCUT2D eigenvalue weighted by molar-refractivity contribution is 5.96. The van der Waals surface area contributed by atoms with Gasteiger partial charge in [0.1, 0.15) is 0 Å². The second-order valence-electron chi connectivity index (χ2n) is 6.16. The summed E-state index contributed by atoms with van der Waals surface area (Å²) in [5.41, 5.74) is 2.31. The first kappa shape index (κ1) is 21.0. The van der Waals surface area contributed by atoms with Crippen LogP contribution < -0.4 is 16.0 Å². The molecular formula is C21H25N3O4. The van der Waals surface area contributed by atoms with E-state index in [0.717, 1.165) is 12.8 Å². The van der Waals surface area contributed by atoms with Gasteiger partial charge in [-0.05, 0) is 55.0 Å². The Morgan fingerprint density at radius 1 is 0.893 bits per heavy atom. The quantitative estimate of drug-likeness (QED) is 0.457. The Morgan fingerprint density at radius 2 is 1.50 bits per heavy atom. The number of hydrogen-bond donors (Lipinski definition) is 3. The number of rotatable bonds is 9. The standard InChI is InChI=1S/C21H25N3O4/c1-3-4-13-22-20(26)15-5-11-18(12-6-15)24-19(25)14-23-17-9-7-16(8-10-17)21(27)28-2/h5-12,23H,3-4,13-14H2,1-2H3,(H,22,26)(H,24,25). The average molecular weight is 383 g/mol. The second-order valence-corrected chi connectivity index (χ2v) is 6.16. The van der Waals surface area contributed by atoms with Gasteiger partial charge in [0.15, 0.2) is 0 Å². The molecule has 0 saturated heterocycles. The third-order valence-corrected chi connectivity index (χ3v) is 4.01. The molecule has 2 amide bonds. The maximum atomic E-state index is 12.1. The van der Waals surface area contributed by atoms with E-state index in [0.29, 0.717) is 29.0 Å². The molecule has 0 aromatic heterocycles. The van der Waals surface area contributed by atoms with E-state index in [1.165, 1.54) is 7.11 Å². The minimum atomic E-state index is -0.410. The Labute approximate surface area is 164 Å². The molecule has 2 rings (SSSR count). The zero-order chi connectivity index (χ0) is 20.4. The van der Waals surface area contributed by atoms with Crippen LogP contribution in [-0.2, 0) is 9.53 Å². The smallest absolute Gasteiger partial charge is 0.337 e. The van der Waals surface area contributed by atoms with E-state index in [9.17, 15) is 14.4 Å². The fourth-order valence-corrected chi connectivity index (χ4v) is 2.42. The Morgan fingerprint density at radius 3 is 2.11 bits per heavy atom. The normalized spacial score (nSPS) is 10.1. The number of nitrogens with one attached hydrogen (secondary N) is 3. The summed E-state index contributed by atoms with van der Waals surface area (Å²) >= 11 is 0. The molecule has 28 heavy (non-hydrogen) atoms. The largest absolute Gasteiger partial charge is 0.465 e. The lowest BCUT2D eigenvalue weighted by molar-refractivity contribution is -0.114. The van der Waals surface area contributed by atoms with Crippen LogP contribution in [-0.4, -0.2) is 38.0 Å². The Hall–Kier alpha value is -3.35. The van der Waals surface area contributed by atoms with Crippen molar-refractivity contribution in [1.82, 2.24) is 5.32 Å². The Kier molecular flexibility index (Phi) is 8.02. The van der Waals surface area contributed by atoms with Gasteiger partial charge in [0, 0.05) is 23.5 Å². The predicted molar refractivity (Wildman–Crippen MR) is 109 cm³/mol. The monoisotopic (exact) mass is 383 g/mol. The molecule has 0 heterocycles. The number of carbonyl (C=O) groups excluding carboxylic acids is 3. The van der Waals surface area contributed by atoms with Gasteiger partial charge in [-0.25, -0.2) is 4.79 Å². The average Bonchev–Trinajstić information content (AvgIpc) is 2.72. The SMILES string of the molecule is CCCCNC(=O)c1ccc(NC(=O)CNc2ccc(C(=O)OC)cc2)cc1. The molecule has 0 fully saturated rings. The fraction of sp³-hybridized carbons (Fsp3) is 0.286.